The van der Waals surface area contributed by atoms with Gasteiger partial charge in [-0.15, -0.1) is 0 Å². The predicted molar refractivity (Wildman–Crippen MR) is 58.3 cm³/mol. The van der Waals surface area contributed by atoms with Gasteiger partial charge in [-0.2, -0.15) is 0 Å². The van der Waals surface area contributed by atoms with Gasteiger partial charge in [-0.05, 0) is 40.8 Å². The predicted octanol–water partition coefficient (Wildman–Crippen LogP) is 2.06. The minimum atomic E-state index is -0.361. The fraction of sp³-hybridized carbons (Fsp3) is 0.909. The van der Waals surface area contributed by atoms with Crippen LogP contribution >= 0.6 is 0 Å². The maximum atomic E-state index is 11.3. The van der Waals surface area contributed by atoms with Crippen LogP contribution in [-0.4, -0.2) is 36.6 Å². The first-order valence-electron chi connectivity index (χ1n) is 5.25. The molecule has 0 rings (SSSR count). The Morgan fingerprint density at radius 3 is 2.29 bits per heavy atom. The Balaban J connectivity index is 3.64. The zero-order valence-corrected chi connectivity index (χ0v) is 10.1. The number of ether oxygens (including phenoxy) is 1. The van der Waals surface area contributed by atoms with Gasteiger partial charge in [0.05, 0.1) is 6.42 Å². The Hall–Kier alpha value is -0.570. The molecule has 0 aliphatic rings. The maximum absolute atomic E-state index is 11.3. The van der Waals surface area contributed by atoms with Crippen LogP contribution in [-0.2, 0) is 9.53 Å². The fourth-order valence-electron chi connectivity index (χ4n) is 1.17. The van der Waals surface area contributed by atoms with Gasteiger partial charge in [-0.25, -0.2) is 0 Å². The molecule has 0 N–H and O–H groups in total. The molecule has 0 saturated carbocycles. The van der Waals surface area contributed by atoms with Crippen molar-refractivity contribution < 1.29 is 9.53 Å². The van der Waals surface area contributed by atoms with Crippen molar-refractivity contribution in [2.45, 2.75) is 46.1 Å². The van der Waals surface area contributed by atoms with Gasteiger partial charge >= 0.3 is 5.97 Å². The molecular formula is C11H23NO2. The average Bonchev–Trinajstić information content (AvgIpc) is 1.98. The highest BCUT2D eigenvalue weighted by molar-refractivity contribution is 5.70. The second kappa shape index (κ2) is 6.02. The van der Waals surface area contributed by atoms with E-state index in [1.807, 2.05) is 27.8 Å². The van der Waals surface area contributed by atoms with Crippen molar-refractivity contribution in [1.29, 1.82) is 0 Å². The van der Waals surface area contributed by atoms with E-state index in [0.717, 1.165) is 19.5 Å². The number of nitrogens with zero attached hydrogens (tertiary/aromatic N) is 1. The third kappa shape index (κ3) is 8.05. The van der Waals surface area contributed by atoms with E-state index in [4.69, 9.17) is 4.74 Å². The summed E-state index contributed by atoms with van der Waals surface area (Å²) < 4.78 is 5.20. The average molecular weight is 201 g/mol. The number of carbonyl (C=O) groups is 1. The summed E-state index contributed by atoms with van der Waals surface area (Å²) in [6.07, 6.45) is 1.60. The minimum absolute atomic E-state index is 0.111. The van der Waals surface area contributed by atoms with Gasteiger partial charge in [0.1, 0.15) is 5.60 Å². The van der Waals surface area contributed by atoms with E-state index < -0.39 is 0 Å². The maximum Gasteiger partial charge on any atom is 0.307 e. The highest BCUT2D eigenvalue weighted by atomic mass is 16.6. The summed E-state index contributed by atoms with van der Waals surface area (Å²) in [5.41, 5.74) is -0.361. The molecule has 3 heteroatoms. The molecule has 0 unspecified atom stereocenters. The van der Waals surface area contributed by atoms with Crippen molar-refractivity contribution in [3.05, 3.63) is 0 Å². The Bertz CT molecular complexity index is 173. The topological polar surface area (TPSA) is 29.5 Å². The van der Waals surface area contributed by atoms with Gasteiger partial charge < -0.3 is 9.64 Å². The molecule has 84 valence electrons. The number of carbonyl (C=O) groups excluding carboxylic acids is 1. The summed E-state index contributed by atoms with van der Waals surface area (Å²) in [5, 5.41) is 0. The van der Waals surface area contributed by atoms with E-state index in [1.165, 1.54) is 0 Å². The second-order valence-electron chi connectivity index (χ2n) is 4.64. The number of hydrogen-bond donors (Lipinski definition) is 0. The minimum Gasteiger partial charge on any atom is -0.460 e. The normalized spacial score (nSPS) is 11.9. The zero-order chi connectivity index (χ0) is 11.2. The Morgan fingerprint density at radius 2 is 1.86 bits per heavy atom. The summed E-state index contributed by atoms with van der Waals surface area (Å²) in [6.45, 7) is 9.61. The van der Waals surface area contributed by atoms with Crippen LogP contribution in [0.5, 0.6) is 0 Å². The first-order valence-corrected chi connectivity index (χ1v) is 5.25. The van der Waals surface area contributed by atoms with Crippen molar-refractivity contribution >= 4 is 5.97 Å². The van der Waals surface area contributed by atoms with Crippen molar-refractivity contribution in [3.8, 4) is 0 Å². The van der Waals surface area contributed by atoms with E-state index in [0.29, 0.717) is 6.42 Å². The van der Waals surface area contributed by atoms with Crippen molar-refractivity contribution in [3.63, 3.8) is 0 Å². The van der Waals surface area contributed by atoms with Gasteiger partial charge in [-0.3, -0.25) is 4.79 Å². The van der Waals surface area contributed by atoms with E-state index in [-0.39, 0.29) is 11.6 Å². The molecule has 0 radical (unpaired) electrons. The second-order valence-corrected chi connectivity index (χ2v) is 4.64. The highest BCUT2D eigenvalue weighted by Gasteiger charge is 2.16. The summed E-state index contributed by atoms with van der Waals surface area (Å²) in [7, 11) is 2.02. The molecule has 14 heavy (non-hydrogen) atoms. The Labute approximate surface area is 87.4 Å². The summed E-state index contributed by atoms with van der Waals surface area (Å²) >= 11 is 0. The van der Waals surface area contributed by atoms with Crippen molar-refractivity contribution in [1.82, 2.24) is 4.90 Å². The molecule has 0 bridgehead atoms. The molecule has 0 saturated heterocycles. The lowest BCUT2D eigenvalue weighted by molar-refractivity contribution is -0.155. The van der Waals surface area contributed by atoms with Crippen LogP contribution in [0.4, 0.5) is 0 Å². The quantitative estimate of drug-likeness (QED) is 0.638. The zero-order valence-electron chi connectivity index (χ0n) is 10.1. The molecule has 0 amide bonds. The Kier molecular flexibility index (Phi) is 5.77. The van der Waals surface area contributed by atoms with Crippen LogP contribution in [0.2, 0.25) is 0 Å². The molecule has 0 heterocycles. The van der Waals surface area contributed by atoms with Crippen LogP contribution < -0.4 is 0 Å². The summed E-state index contributed by atoms with van der Waals surface area (Å²) in [5.74, 6) is -0.111. The molecule has 0 aromatic carbocycles. The lowest BCUT2D eigenvalue weighted by Gasteiger charge is -2.21. The standard InChI is InChI=1S/C11H23NO2/c1-6-8-12(5)9-7-10(13)14-11(2,3)4/h6-9H2,1-5H3. The van der Waals surface area contributed by atoms with Gasteiger partial charge in [0.25, 0.3) is 0 Å². The number of hydrogen-bond acceptors (Lipinski definition) is 3. The highest BCUT2D eigenvalue weighted by Crippen LogP contribution is 2.08. The molecule has 0 atom stereocenters. The molecule has 0 fully saturated rings. The van der Waals surface area contributed by atoms with Crippen LogP contribution in [0.25, 0.3) is 0 Å². The fourth-order valence-corrected chi connectivity index (χ4v) is 1.17. The number of esters is 1. The summed E-state index contributed by atoms with van der Waals surface area (Å²) in [4.78, 5) is 13.5. The molecule has 0 aromatic rings. The van der Waals surface area contributed by atoms with Gasteiger partial charge in [-0.1, -0.05) is 6.92 Å². The largest absolute Gasteiger partial charge is 0.460 e. The number of rotatable bonds is 5. The smallest absolute Gasteiger partial charge is 0.307 e. The molecule has 0 aromatic heterocycles. The monoisotopic (exact) mass is 201 g/mol. The molecule has 3 nitrogen and oxygen atoms in total. The molecule has 0 aliphatic carbocycles. The van der Waals surface area contributed by atoms with Crippen LogP contribution in [0.15, 0.2) is 0 Å². The van der Waals surface area contributed by atoms with Gasteiger partial charge in [0.2, 0.25) is 0 Å². The first kappa shape index (κ1) is 13.4. The lowest BCUT2D eigenvalue weighted by atomic mass is 10.2. The Morgan fingerprint density at radius 1 is 1.29 bits per heavy atom. The van der Waals surface area contributed by atoms with E-state index in [2.05, 4.69) is 11.8 Å². The van der Waals surface area contributed by atoms with Gasteiger partial charge in [0.15, 0.2) is 0 Å². The summed E-state index contributed by atoms with van der Waals surface area (Å²) in [6, 6.07) is 0. The lowest BCUT2D eigenvalue weighted by Crippen LogP contribution is -2.28. The third-order valence-corrected chi connectivity index (χ3v) is 1.72. The van der Waals surface area contributed by atoms with Crippen LogP contribution in [0, 0.1) is 0 Å². The van der Waals surface area contributed by atoms with Crippen molar-refractivity contribution in [2.75, 3.05) is 20.1 Å². The van der Waals surface area contributed by atoms with Crippen LogP contribution in [0.3, 0.4) is 0 Å². The third-order valence-electron chi connectivity index (χ3n) is 1.72. The molecule has 0 spiro atoms. The first-order chi connectivity index (χ1) is 6.35. The molecule has 0 aliphatic heterocycles. The van der Waals surface area contributed by atoms with Crippen LogP contribution in [0.1, 0.15) is 40.5 Å². The van der Waals surface area contributed by atoms with E-state index in [1.54, 1.807) is 0 Å². The van der Waals surface area contributed by atoms with E-state index >= 15 is 0 Å². The van der Waals surface area contributed by atoms with E-state index in [9.17, 15) is 4.79 Å². The SMILES string of the molecule is CCCN(C)CCC(=O)OC(C)(C)C. The molecular weight excluding hydrogens is 178 g/mol. The van der Waals surface area contributed by atoms with Crippen molar-refractivity contribution in [2.24, 2.45) is 0 Å². The van der Waals surface area contributed by atoms with Gasteiger partial charge in [0, 0.05) is 6.54 Å².